The predicted molar refractivity (Wildman–Crippen MR) is 63.3 cm³/mol. The molecular formula is C13H15F3O3. The molecule has 1 unspecified atom stereocenters. The van der Waals surface area contributed by atoms with Gasteiger partial charge in [-0.1, -0.05) is 6.92 Å². The Morgan fingerprint density at radius 2 is 2.05 bits per heavy atom. The first kappa shape index (κ1) is 15.3. The van der Waals surface area contributed by atoms with Crippen LogP contribution < -0.4 is 4.74 Å². The van der Waals surface area contributed by atoms with Gasteiger partial charge in [-0.05, 0) is 36.1 Å². The highest BCUT2D eigenvalue weighted by Gasteiger charge is 2.32. The number of methoxy groups -OCH3 is 1. The molecule has 3 nitrogen and oxygen atoms in total. The van der Waals surface area contributed by atoms with Crippen molar-refractivity contribution in [2.24, 2.45) is 0 Å². The van der Waals surface area contributed by atoms with Crippen molar-refractivity contribution in [1.82, 2.24) is 0 Å². The van der Waals surface area contributed by atoms with Crippen LogP contribution in [-0.2, 0) is 11.0 Å². The van der Waals surface area contributed by atoms with Crippen molar-refractivity contribution in [2.45, 2.75) is 31.9 Å². The summed E-state index contributed by atoms with van der Waals surface area (Å²) in [7, 11) is 1.35. The van der Waals surface area contributed by atoms with Crippen LogP contribution in [0.25, 0.3) is 0 Å². The van der Waals surface area contributed by atoms with E-state index in [-0.39, 0.29) is 17.7 Å². The first-order valence-electron chi connectivity index (χ1n) is 5.76. The zero-order valence-electron chi connectivity index (χ0n) is 10.6. The molecule has 0 fully saturated rings. The molecule has 1 rings (SSSR count). The minimum atomic E-state index is -4.46. The van der Waals surface area contributed by atoms with E-state index in [4.69, 9.17) is 9.84 Å². The predicted octanol–water partition coefficient (Wildman–Crippen LogP) is 3.68. The van der Waals surface area contributed by atoms with Crippen LogP contribution in [0.3, 0.4) is 0 Å². The Labute approximate surface area is 109 Å². The second-order valence-electron chi connectivity index (χ2n) is 4.16. The molecule has 6 heteroatoms. The molecule has 106 valence electrons. The van der Waals surface area contributed by atoms with Crippen molar-refractivity contribution in [1.29, 1.82) is 0 Å². The van der Waals surface area contributed by atoms with Crippen LogP contribution in [0.15, 0.2) is 18.2 Å². The van der Waals surface area contributed by atoms with Gasteiger partial charge in [0.05, 0.1) is 19.1 Å². The first-order chi connectivity index (χ1) is 8.79. The maximum absolute atomic E-state index is 12.7. The fourth-order valence-electron chi connectivity index (χ4n) is 1.91. The Kier molecular flexibility index (Phi) is 4.80. The Balaban J connectivity index is 3.24. The minimum Gasteiger partial charge on any atom is -0.496 e. The summed E-state index contributed by atoms with van der Waals surface area (Å²) in [6.45, 7) is 1.73. The number of carboxylic acids is 1. The summed E-state index contributed by atoms with van der Waals surface area (Å²) in [6.07, 6.45) is -4.26. The third kappa shape index (κ3) is 3.87. The zero-order valence-corrected chi connectivity index (χ0v) is 10.6. The van der Waals surface area contributed by atoms with Crippen LogP contribution in [0.5, 0.6) is 5.75 Å². The summed E-state index contributed by atoms with van der Waals surface area (Å²) in [4.78, 5) is 10.8. The number of benzene rings is 1. The molecule has 0 saturated carbocycles. The van der Waals surface area contributed by atoms with E-state index in [9.17, 15) is 18.0 Å². The fraction of sp³-hybridized carbons (Fsp3) is 0.462. The van der Waals surface area contributed by atoms with Gasteiger partial charge in [0, 0.05) is 0 Å². The summed E-state index contributed by atoms with van der Waals surface area (Å²) in [5.74, 6) is -1.28. The van der Waals surface area contributed by atoms with E-state index in [1.165, 1.54) is 13.2 Å². The molecule has 0 aliphatic carbocycles. The molecule has 0 bridgehead atoms. The minimum absolute atomic E-state index is 0.228. The summed E-state index contributed by atoms with van der Waals surface area (Å²) in [5.41, 5.74) is -0.519. The molecule has 1 atom stereocenters. The van der Waals surface area contributed by atoms with Gasteiger partial charge >= 0.3 is 12.1 Å². The molecular weight excluding hydrogens is 261 g/mol. The van der Waals surface area contributed by atoms with E-state index in [1.807, 2.05) is 0 Å². The third-order valence-corrected chi connectivity index (χ3v) is 2.91. The average Bonchev–Trinajstić information content (AvgIpc) is 2.33. The number of ether oxygens (including phenoxy) is 1. The van der Waals surface area contributed by atoms with E-state index in [0.29, 0.717) is 6.42 Å². The van der Waals surface area contributed by atoms with Gasteiger partial charge in [0.1, 0.15) is 5.75 Å². The molecule has 0 spiro atoms. The lowest BCUT2D eigenvalue weighted by Crippen LogP contribution is -2.10. The van der Waals surface area contributed by atoms with E-state index in [1.54, 1.807) is 6.92 Å². The number of rotatable bonds is 5. The molecule has 1 aromatic rings. The lowest BCUT2D eigenvalue weighted by molar-refractivity contribution is -0.138. The number of halogens is 3. The molecule has 0 amide bonds. The van der Waals surface area contributed by atoms with Crippen LogP contribution in [-0.4, -0.2) is 18.2 Å². The molecule has 0 aliphatic rings. The Morgan fingerprint density at radius 3 is 2.47 bits per heavy atom. The van der Waals surface area contributed by atoms with Gasteiger partial charge in [-0.2, -0.15) is 13.2 Å². The van der Waals surface area contributed by atoms with Crippen molar-refractivity contribution in [3.63, 3.8) is 0 Å². The number of carboxylic acid groups (broad SMARTS) is 1. The lowest BCUT2D eigenvalue weighted by atomic mass is 9.91. The number of aliphatic carboxylic acids is 1. The van der Waals surface area contributed by atoms with Crippen LogP contribution in [0.4, 0.5) is 13.2 Å². The third-order valence-electron chi connectivity index (χ3n) is 2.91. The molecule has 1 aromatic carbocycles. The van der Waals surface area contributed by atoms with E-state index < -0.39 is 23.6 Å². The average molecular weight is 276 g/mol. The molecule has 0 heterocycles. The second kappa shape index (κ2) is 5.95. The smallest absolute Gasteiger partial charge is 0.416 e. The highest BCUT2D eigenvalue weighted by molar-refractivity contribution is 5.68. The lowest BCUT2D eigenvalue weighted by Gasteiger charge is -2.18. The van der Waals surface area contributed by atoms with Gasteiger partial charge in [0.25, 0.3) is 0 Å². The summed E-state index contributed by atoms with van der Waals surface area (Å²) in [6, 6.07) is 3.12. The molecule has 1 N–H and O–H groups in total. The van der Waals surface area contributed by atoms with Crippen LogP contribution in [0.1, 0.15) is 36.8 Å². The van der Waals surface area contributed by atoms with Crippen LogP contribution in [0.2, 0.25) is 0 Å². The topological polar surface area (TPSA) is 46.5 Å². The largest absolute Gasteiger partial charge is 0.496 e. The second-order valence-corrected chi connectivity index (χ2v) is 4.16. The summed E-state index contributed by atoms with van der Waals surface area (Å²) >= 11 is 0. The van der Waals surface area contributed by atoms with Crippen LogP contribution >= 0.6 is 0 Å². The monoisotopic (exact) mass is 276 g/mol. The summed E-state index contributed by atoms with van der Waals surface area (Å²) < 4.78 is 43.0. The highest BCUT2D eigenvalue weighted by Crippen LogP contribution is 2.37. The van der Waals surface area contributed by atoms with Gasteiger partial charge < -0.3 is 9.84 Å². The normalized spacial score (nSPS) is 13.1. The molecule has 0 aromatic heterocycles. The van der Waals surface area contributed by atoms with Crippen molar-refractivity contribution in [2.75, 3.05) is 7.11 Å². The maximum Gasteiger partial charge on any atom is 0.416 e. The molecule has 19 heavy (non-hydrogen) atoms. The van der Waals surface area contributed by atoms with Crippen molar-refractivity contribution < 1.29 is 27.8 Å². The van der Waals surface area contributed by atoms with Gasteiger partial charge in [0.2, 0.25) is 0 Å². The van der Waals surface area contributed by atoms with Crippen molar-refractivity contribution in [3.8, 4) is 5.75 Å². The zero-order chi connectivity index (χ0) is 14.6. The fourth-order valence-corrected chi connectivity index (χ4v) is 1.91. The standard InChI is InChI=1S/C13H15F3O3/c1-3-8(6-12(17)18)10-7-9(13(14,15)16)4-5-11(10)19-2/h4-5,7-8H,3,6H2,1-2H3,(H,17,18). The molecule has 0 radical (unpaired) electrons. The number of hydrogen-bond donors (Lipinski definition) is 1. The SMILES string of the molecule is CCC(CC(=O)O)c1cc(C(F)(F)F)ccc1OC. The maximum atomic E-state index is 12.7. The molecule has 0 aliphatic heterocycles. The van der Waals surface area contributed by atoms with E-state index in [2.05, 4.69) is 0 Å². The first-order valence-corrected chi connectivity index (χ1v) is 5.76. The quantitative estimate of drug-likeness (QED) is 0.892. The van der Waals surface area contributed by atoms with Gasteiger partial charge in [0.15, 0.2) is 0 Å². The van der Waals surface area contributed by atoms with E-state index in [0.717, 1.165) is 12.1 Å². The number of hydrogen-bond acceptors (Lipinski definition) is 2. The van der Waals surface area contributed by atoms with Crippen molar-refractivity contribution in [3.05, 3.63) is 29.3 Å². The van der Waals surface area contributed by atoms with Crippen LogP contribution in [0, 0.1) is 0 Å². The summed E-state index contributed by atoms with van der Waals surface area (Å²) in [5, 5.41) is 8.81. The number of carbonyl (C=O) groups is 1. The Bertz CT molecular complexity index is 455. The van der Waals surface area contributed by atoms with Gasteiger partial charge in [-0.25, -0.2) is 0 Å². The molecule has 0 saturated heterocycles. The van der Waals surface area contributed by atoms with Gasteiger partial charge in [-0.3, -0.25) is 4.79 Å². The van der Waals surface area contributed by atoms with Gasteiger partial charge in [-0.15, -0.1) is 0 Å². The van der Waals surface area contributed by atoms with Crippen molar-refractivity contribution >= 4 is 5.97 Å². The highest BCUT2D eigenvalue weighted by atomic mass is 19.4. The van der Waals surface area contributed by atoms with E-state index >= 15 is 0 Å². The Morgan fingerprint density at radius 1 is 1.42 bits per heavy atom. The Hall–Kier alpha value is -1.72. The number of alkyl halides is 3.